The van der Waals surface area contributed by atoms with Crippen LogP contribution in [-0.2, 0) is 0 Å². The summed E-state index contributed by atoms with van der Waals surface area (Å²) in [5.74, 6) is 0. The first-order valence-electron chi connectivity index (χ1n) is 15.4. The third kappa shape index (κ3) is 4.61. The summed E-state index contributed by atoms with van der Waals surface area (Å²) < 4.78 is 0. The van der Waals surface area contributed by atoms with Crippen molar-refractivity contribution < 1.29 is 0 Å². The first kappa shape index (κ1) is 26.8. The van der Waals surface area contributed by atoms with E-state index in [2.05, 4.69) is 152 Å². The molecule has 0 atom stereocenters. The smallest absolute Gasteiger partial charge is 0.0781 e. The third-order valence-electron chi connectivity index (χ3n) is 8.89. The fourth-order valence-electron chi connectivity index (χ4n) is 6.70. The molecule has 45 heavy (non-hydrogen) atoms. The van der Waals surface area contributed by atoms with Crippen LogP contribution in [0.3, 0.4) is 0 Å². The molecule has 212 valence electrons. The van der Waals surface area contributed by atoms with Crippen LogP contribution in [0.4, 0.5) is 0 Å². The van der Waals surface area contributed by atoms with E-state index in [0.717, 1.165) is 32.6 Å². The Morgan fingerprint density at radius 1 is 0.511 bits per heavy atom. The van der Waals surface area contributed by atoms with Crippen LogP contribution in [0.15, 0.2) is 152 Å². The molecule has 8 rings (SSSR count). The first-order chi connectivity index (χ1) is 22.2. The highest BCUT2D eigenvalue weighted by Crippen LogP contribution is 2.44. The van der Waals surface area contributed by atoms with E-state index in [1.165, 1.54) is 54.6 Å². The molecule has 0 bridgehead atoms. The predicted octanol–water partition coefficient (Wildman–Crippen LogP) is 10.5. The summed E-state index contributed by atoms with van der Waals surface area (Å²) in [6, 6.07) is 50.4. The molecule has 0 unspecified atom stereocenters. The van der Waals surface area contributed by atoms with Crippen molar-refractivity contribution in [3.63, 3.8) is 0 Å². The van der Waals surface area contributed by atoms with Gasteiger partial charge in [0.15, 0.2) is 0 Å². The van der Waals surface area contributed by atoms with Crippen LogP contribution in [-0.4, -0.2) is 4.98 Å². The van der Waals surface area contributed by atoms with Gasteiger partial charge in [-0.05, 0) is 84.9 Å². The number of hydrogen-bond donors (Lipinski definition) is 0. The normalized spacial score (nSPS) is 12.2. The number of aromatic nitrogens is 1. The minimum Gasteiger partial charge on any atom is -0.247 e. The minimum absolute atomic E-state index is 0.943. The molecule has 0 aliphatic heterocycles. The van der Waals surface area contributed by atoms with Crippen LogP contribution < -0.4 is 10.4 Å². The highest BCUT2D eigenvalue weighted by molar-refractivity contribution is 6.21. The largest absolute Gasteiger partial charge is 0.247 e. The minimum atomic E-state index is 0.943. The molecule has 0 aliphatic carbocycles. The van der Waals surface area contributed by atoms with Crippen molar-refractivity contribution in [1.82, 2.24) is 4.98 Å². The fourth-order valence-corrected chi connectivity index (χ4v) is 6.70. The molecule has 8 aromatic rings. The van der Waals surface area contributed by atoms with E-state index < -0.39 is 0 Å². The monoisotopic (exact) mass is 573 g/mol. The second-order valence-corrected chi connectivity index (χ2v) is 11.6. The second kappa shape index (κ2) is 11.0. The number of pyridine rings is 1. The average Bonchev–Trinajstić information content (AvgIpc) is 3.10. The van der Waals surface area contributed by atoms with Gasteiger partial charge in [-0.1, -0.05) is 146 Å². The molecular weight excluding hydrogens is 542 g/mol. The first-order valence-corrected chi connectivity index (χ1v) is 15.4. The Morgan fingerprint density at radius 2 is 1.04 bits per heavy atom. The van der Waals surface area contributed by atoms with E-state index in [4.69, 9.17) is 4.98 Å². The van der Waals surface area contributed by atoms with E-state index in [0.29, 0.717) is 0 Å². The van der Waals surface area contributed by atoms with E-state index in [9.17, 15) is 0 Å². The maximum absolute atomic E-state index is 5.08. The van der Waals surface area contributed by atoms with Crippen molar-refractivity contribution in [3.8, 4) is 33.5 Å². The Labute approximate surface area is 262 Å². The molecule has 1 nitrogen and oxygen atoms in total. The van der Waals surface area contributed by atoms with Crippen molar-refractivity contribution in [2.75, 3.05) is 0 Å². The van der Waals surface area contributed by atoms with Crippen LogP contribution in [0.2, 0.25) is 0 Å². The molecular formula is C44H31N. The Hall–Kier alpha value is -5.79. The average molecular weight is 574 g/mol. The van der Waals surface area contributed by atoms with Gasteiger partial charge in [0.1, 0.15) is 0 Å². The van der Waals surface area contributed by atoms with Crippen molar-refractivity contribution in [2.24, 2.45) is 0 Å². The third-order valence-corrected chi connectivity index (χ3v) is 8.89. The molecule has 0 amide bonds. The van der Waals surface area contributed by atoms with Gasteiger partial charge in [-0.25, -0.2) is 4.98 Å². The number of benzene rings is 7. The molecule has 0 saturated carbocycles. The summed E-state index contributed by atoms with van der Waals surface area (Å²) in [6.07, 6.45) is 6.16. The van der Waals surface area contributed by atoms with Gasteiger partial charge in [-0.3, -0.25) is 0 Å². The molecule has 0 N–H and O–H groups in total. The second-order valence-electron chi connectivity index (χ2n) is 11.6. The van der Waals surface area contributed by atoms with Crippen molar-refractivity contribution in [2.45, 2.75) is 6.92 Å². The number of allylic oxidation sites excluding steroid dienone is 2. The van der Waals surface area contributed by atoms with Crippen LogP contribution >= 0.6 is 0 Å². The molecule has 0 saturated heterocycles. The Kier molecular flexibility index (Phi) is 6.58. The van der Waals surface area contributed by atoms with Crippen molar-refractivity contribution in [1.29, 1.82) is 0 Å². The number of rotatable bonds is 4. The van der Waals surface area contributed by atoms with E-state index in [-0.39, 0.29) is 0 Å². The summed E-state index contributed by atoms with van der Waals surface area (Å²) >= 11 is 0. The zero-order valence-corrected chi connectivity index (χ0v) is 25.2. The van der Waals surface area contributed by atoms with Crippen molar-refractivity contribution in [3.05, 3.63) is 162 Å². The number of fused-ring (bicyclic) bond motifs is 4. The highest BCUT2D eigenvalue weighted by atomic mass is 14.7. The Bertz CT molecular complexity index is 2500. The van der Waals surface area contributed by atoms with Gasteiger partial charge in [-0.15, -0.1) is 0 Å². The summed E-state index contributed by atoms with van der Waals surface area (Å²) in [5, 5.41) is 10.6. The van der Waals surface area contributed by atoms with E-state index in [1.807, 2.05) is 19.1 Å². The van der Waals surface area contributed by atoms with Gasteiger partial charge in [0, 0.05) is 16.2 Å². The molecule has 0 spiro atoms. The van der Waals surface area contributed by atoms with E-state index in [1.54, 1.807) is 0 Å². The summed E-state index contributed by atoms with van der Waals surface area (Å²) in [6.45, 7) is 6.38. The predicted molar refractivity (Wildman–Crippen MR) is 195 cm³/mol. The van der Waals surface area contributed by atoms with Gasteiger partial charge in [-0.2, -0.15) is 0 Å². The molecule has 0 radical (unpaired) electrons. The lowest BCUT2D eigenvalue weighted by molar-refractivity contribution is 1.38. The quantitative estimate of drug-likeness (QED) is 0.191. The highest BCUT2D eigenvalue weighted by Gasteiger charge is 2.16. The van der Waals surface area contributed by atoms with Crippen LogP contribution in [0.1, 0.15) is 6.92 Å². The van der Waals surface area contributed by atoms with E-state index >= 15 is 0 Å². The molecule has 7 aromatic carbocycles. The lowest BCUT2D eigenvalue weighted by Gasteiger charge is -2.18. The standard InChI is InChI=1S/C44H31N/c1-3-4-12-30-19-20-32-25-26-41(45-44(32)29(30)2)35-23-21-34-28-36(24-22-33(34)27-35)43-39-17-10-8-15-37(39)42(31-13-6-5-7-14-31)38-16-9-11-18-40(38)43/h3-28H,2H2,1H3/b4-3-,30-12-. The molecule has 1 heteroatoms. The maximum Gasteiger partial charge on any atom is 0.0781 e. The number of nitrogens with zero attached hydrogens (tertiary/aromatic N) is 1. The topological polar surface area (TPSA) is 12.9 Å². The molecule has 1 heterocycles. The van der Waals surface area contributed by atoms with Gasteiger partial charge in [0.25, 0.3) is 0 Å². The Morgan fingerprint density at radius 3 is 1.69 bits per heavy atom. The zero-order chi connectivity index (χ0) is 30.3. The van der Waals surface area contributed by atoms with Crippen LogP contribution in [0, 0.1) is 0 Å². The molecule has 0 fully saturated rings. The Balaban J connectivity index is 1.28. The van der Waals surface area contributed by atoms with Gasteiger partial charge >= 0.3 is 0 Å². The zero-order valence-electron chi connectivity index (χ0n) is 25.2. The van der Waals surface area contributed by atoms with Crippen molar-refractivity contribution >= 4 is 55.9 Å². The van der Waals surface area contributed by atoms with Gasteiger partial charge in [0.05, 0.1) is 11.2 Å². The molecule has 1 aromatic heterocycles. The lowest BCUT2D eigenvalue weighted by Crippen LogP contribution is -2.24. The van der Waals surface area contributed by atoms with Gasteiger partial charge in [0.2, 0.25) is 0 Å². The fraction of sp³-hybridized carbons (Fsp3) is 0.0227. The lowest BCUT2D eigenvalue weighted by atomic mass is 9.85. The summed E-state index contributed by atoms with van der Waals surface area (Å²) in [5.41, 5.74) is 8.02. The van der Waals surface area contributed by atoms with Crippen LogP contribution in [0.25, 0.3) is 89.4 Å². The SMILES string of the molecule is C=c1/c(=C\C=C/C)ccc2ccc(-c3ccc4cc(-c5c6ccccc6c(-c6ccccc6)c6ccccc56)ccc4c3)nc12. The summed E-state index contributed by atoms with van der Waals surface area (Å²) in [4.78, 5) is 5.08. The number of hydrogen-bond acceptors (Lipinski definition) is 1. The van der Waals surface area contributed by atoms with Crippen LogP contribution in [0.5, 0.6) is 0 Å². The molecule has 0 aliphatic rings. The maximum atomic E-state index is 5.08. The van der Waals surface area contributed by atoms with Gasteiger partial charge < -0.3 is 0 Å². The summed E-state index contributed by atoms with van der Waals surface area (Å²) in [7, 11) is 0.